The van der Waals surface area contributed by atoms with Crippen molar-refractivity contribution in [2.24, 2.45) is 5.41 Å². The Morgan fingerprint density at radius 1 is 1.30 bits per heavy atom. The van der Waals surface area contributed by atoms with E-state index in [1.807, 2.05) is 20.8 Å². The molecule has 6 heteroatoms. The summed E-state index contributed by atoms with van der Waals surface area (Å²) in [5.41, 5.74) is 1.08. The number of carbonyl (C=O) groups excluding carboxylic acids is 1. The molecule has 112 valence electrons. The third-order valence-electron chi connectivity index (χ3n) is 2.77. The van der Waals surface area contributed by atoms with Gasteiger partial charge in [0.05, 0.1) is 4.90 Å². The van der Waals surface area contributed by atoms with Gasteiger partial charge in [-0.15, -0.1) is 0 Å². The van der Waals surface area contributed by atoms with Gasteiger partial charge >= 0.3 is 0 Å². The molecule has 0 aromatic heterocycles. The molecule has 0 saturated heterocycles. The van der Waals surface area contributed by atoms with Gasteiger partial charge < -0.3 is 4.90 Å². The fourth-order valence-electron chi connectivity index (χ4n) is 2.02. The first-order valence-electron chi connectivity index (χ1n) is 6.22. The second-order valence-corrected chi connectivity index (χ2v) is 8.70. The van der Waals surface area contributed by atoms with Crippen molar-refractivity contribution in [3.05, 3.63) is 29.3 Å². The molecule has 0 aliphatic rings. The number of aryl methyl sites for hydroxylation is 1. The van der Waals surface area contributed by atoms with E-state index < -0.39 is 9.05 Å². The predicted octanol–water partition coefficient (Wildman–Crippen LogP) is 3.04. The Morgan fingerprint density at radius 3 is 2.25 bits per heavy atom. The summed E-state index contributed by atoms with van der Waals surface area (Å²) < 4.78 is 22.5. The van der Waals surface area contributed by atoms with Gasteiger partial charge in [0, 0.05) is 29.8 Å². The number of carbonyl (C=O) groups is 1. The van der Waals surface area contributed by atoms with Crippen molar-refractivity contribution in [3.8, 4) is 0 Å². The van der Waals surface area contributed by atoms with Crippen molar-refractivity contribution in [3.63, 3.8) is 0 Å². The zero-order chi connectivity index (χ0) is 15.7. The van der Waals surface area contributed by atoms with Crippen LogP contribution in [0, 0.1) is 12.3 Å². The SMILES string of the molecule is Cc1cc(S(=O)(=O)Cl)ccc1C(=O)N(C)CC(C)(C)C. The average molecular weight is 318 g/mol. The molecular weight excluding hydrogens is 298 g/mol. The Balaban J connectivity index is 3.07. The minimum absolute atomic E-state index is 0.00225. The van der Waals surface area contributed by atoms with Gasteiger partial charge in [0.25, 0.3) is 15.0 Å². The Labute approximate surface area is 125 Å². The highest BCUT2D eigenvalue weighted by molar-refractivity contribution is 8.13. The van der Waals surface area contributed by atoms with Crippen LogP contribution in [0.15, 0.2) is 23.1 Å². The number of halogens is 1. The quantitative estimate of drug-likeness (QED) is 0.805. The van der Waals surface area contributed by atoms with E-state index >= 15 is 0 Å². The van der Waals surface area contributed by atoms with Crippen LogP contribution >= 0.6 is 10.7 Å². The molecule has 1 rings (SSSR count). The summed E-state index contributed by atoms with van der Waals surface area (Å²) in [6, 6.07) is 4.28. The first kappa shape index (κ1) is 17.0. The van der Waals surface area contributed by atoms with Crippen LogP contribution in [-0.2, 0) is 9.05 Å². The van der Waals surface area contributed by atoms with E-state index in [0.29, 0.717) is 17.7 Å². The number of hydrogen-bond acceptors (Lipinski definition) is 3. The van der Waals surface area contributed by atoms with E-state index in [0.717, 1.165) is 0 Å². The van der Waals surface area contributed by atoms with E-state index in [1.165, 1.54) is 18.2 Å². The van der Waals surface area contributed by atoms with Gasteiger partial charge in [0.15, 0.2) is 0 Å². The van der Waals surface area contributed by atoms with Crippen molar-refractivity contribution < 1.29 is 13.2 Å². The Hall–Kier alpha value is -1.07. The highest BCUT2D eigenvalue weighted by atomic mass is 35.7. The lowest BCUT2D eigenvalue weighted by molar-refractivity contribution is 0.0745. The molecule has 1 amide bonds. The van der Waals surface area contributed by atoms with Gasteiger partial charge in [-0.2, -0.15) is 0 Å². The maximum atomic E-state index is 12.3. The molecule has 0 radical (unpaired) electrons. The normalized spacial score (nSPS) is 12.3. The van der Waals surface area contributed by atoms with Crippen molar-refractivity contribution in [2.75, 3.05) is 13.6 Å². The lowest BCUT2D eigenvalue weighted by atomic mass is 9.96. The number of hydrogen-bond donors (Lipinski definition) is 0. The van der Waals surface area contributed by atoms with Crippen molar-refractivity contribution in [1.29, 1.82) is 0 Å². The van der Waals surface area contributed by atoms with E-state index in [2.05, 4.69) is 0 Å². The Morgan fingerprint density at radius 2 is 1.85 bits per heavy atom. The third-order valence-corrected chi connectivity index (χ3v) is 4.12. The van der Waals surface area contributed by atoms with Crippen molar-refractivity contribution in [2.45, 2.75) is 32.6 Å². The summed E-state index contributed by atoms with van der Waals surface area (Å²) in [6.45, 7) is 8.46. The average Bonchev–Trinajstić information content (AvgIpc) is 2.24. The summed E-state index contributed by atoms with van der Waals surface area (Å²) in [5.74, 6) is -0.129. The van der Waals surface area contributed by atoms with Crippen LogP contribution in [-0.4, -0.2) is 32.8 Å². The fourth-order valence-corrected chi connectivity index (χ4v) is 2.85. The molecule has 0 heterocycles. The zero-order valence-electron chi connectivity index (χ0n) is 12.4. The number of rotatable bonds is 3. The molecule has 0 aliphatic carbocycles. The van der Waals surface area contributed by atoms with Gasteiger partial charge in [-0.3, -0.25) is 4.79 Å². The topological polar surface area (TPSA) is 54.5 Å². The maximum Gasteiger partial charge on any atom is 0.261 e. The second-order valence-electron chi connectivity index (χ2n) is 6.14. The summed E-state index contributed by atoms with van der Waals surface area (Å²) in [5, 5.41) is 0. The molecule has 0 fully saturated rings. The minimum atomic E-state index is -3.77. The Kier molecular flexibility index (Phi) is 4.87. The van der Waals surface area contributed by atoms with Crippen LogP contribution in [0.5, 0.6) is 0 Å². The third kappa shape index (κ3) is 4.49. The lowest BCUT2D eigenvalue weighted by Crippen LogP contribution is -2.34. The zero-order valence-corrected chi connectivity index (χ0v) is 14.0. The molecule has 1 aromatic carbocycles. The molecule has 0 spiro atoms. The van der Waals surface area contributed by atoms with Gasteiger partial charge in [-0.1, -0.05) is 20.8 Å². The van der Waals surface area contributed by atoms with Crippen LogP contribution in [0.4, 0.5) is 0 Å². The van der Waals surface area contributed by atoms with E-state index in [1.54, 1.807) is 18.9 Å². The molecule has 4 nitrogen and oxygen atoms in total. The summed E-state index contributed by atoms with van der Waals surface area (Å²) >= 11 is 0. The molecule has 0 aliphatic heterocycles. The molecule has 1 aromatic rings. The summed E-state index contributed by atoms with van der Waals surface area (Å²) in [7, 11) is 3.25. The highest BCUT2D eigenvalue weighted by Gasteiger charge is 2.21. The molecule has 0 N–H and O–H groups in total. The smallest absolute Gasteiger partial charge is 0.261 e. The number of benzene rings is 1. The van der Waals surface area contributed by atoms with Crippen LogP contribution in [0.1, 0.15) is 36.7 Å². The van der Waals surface area contributed by atoms with Crippen LogP contribution in [0.3, 0.4) is 0 Å². The maximum absolute atomic E-state index is 12.3. The lowest BCUT2D eigenvalue weighted by Gasteiger charge is -2.27. The van der Waals surface area contributed by atoms with Crippen LogP contribution in [0.25, 0.3) is 0 Å². The van der Waals surface area contributed by atoms with Crippen LogP contribution < -0.4 is 0 Å². The van der Waals surface area contributed by atoms with Crippen LogP contribution in [0.2, 0.25) is 0 Å². The Bertz CT molecular complexity index is 618. The molecular formula is C14H20ClNO3S. The van der Waals surface area contributed by atoms with E-state index in [9.17, 15) is 13.2 Å². The second kappa shape index (κ2) is 5.74. The van der Waals surface area contributed by atoms with E-state index in [-0.39, 0.29) is 16.2 Å². The molecule has 0 bridgehead atoms. The summed E-state index contributed by atoms with van der Waals surface area (Å²) in [4.78, 5) is 14.0. The van der Waals surface area contributed by atoms with Gasteiger partial charge in [-0.25, -0.2) is 8.42 Å². The van der Waals surface area contributed by atoms with Crippen molar-refractivity contribution >= 4 is 25.6 Å². The molecule has 0 unspecified atom stereocenters. The fraction of sp³-hybridized carbons (Fsp3) is 0.500. The minimum Gasteiger partial charge on any atom is -0.341 e. The predicted molar refractivity (Wildman–Crippen MR) is 80.6 cm³/mol. The van der Waals surface area contributed by atoms with Gasteiger partial charge in [-0.05, 0) is 36.1 Å². The van der Waals surface area contributed by atoms with Gasteiger partial charge in [0.2, 0.25) is 0 Å². The van der Waals surface area contributed by atoms with Gasteiger partial charge in [0.1, 0.15) is 0 Å². The first-order chi connectivity index (χ1) is 8.92. The highest BCUT2D eigenvalue weighted by Crippen LogP contribution is 2.21. The molecule has 20 heavy (non-hydrogen) atoms. The molecule has 0 saturated carbocycles. The first-order valence-corrected chi connectivity index (χ1v) is 8.53. The van der Waals surface area contributed by atoms with Crippen molar-refractivity contribution in [1.82, 2.24) is 4.90 Å². The monoisotopic (exact) mass is 317 g/mol. The number of nitrogens with zero attached hydrogens (tertiary/aromatic N) is 1. The van der Waals surface area contributed by atoms with E-state index in [4.69, 9.17) is 10.7 Å². The summed E-state index contributed by atoms with van der Waals surface area (Å²) in [6.07, 6.45) is 0. The largest absolute Gasteiger partial charge is 0.341 e. The molecule has 0 atom stereocenters. The standard InChI is InChI=1S/C14H20ClNO3S/c1-10-8-11(20(15,18)19)6-7-12(10)13(17)16(5)9-14(2,3)4/h6-8H,9H2,1-5H3. The number of amides is 1.